The fourth-order valence-corrected chi connectivity index (χ4v) is 3.58. The Morgan fingerprint density at radius 3 is 2.50 bits per heavy atom. The Labute approximate surface area is 154 Å². The minimum atomic E-state index is -0.547. The second kappa shape index (κ2) is 7.94. The van der Waals surface area contributed by atoms with Crippen molar-refractivity contribution in [2.45, 2.75) is 39.7 Å². The maximum Gasteiger partial charge on any atom is 0.494 e. The minimum absolute atomic E-state index is 0.0373. The fourth-order valence-electron chi connectivity index (χ4n) is 3.58. The van der Waals surface area contributed by atoms with Crippen LogP contribution in [0, 0.1) is 15.5 Å². The first-order valence-electron chi connectivity index (χ1n) is 9.27. The molecule has 1 aromatic carbocycles. The summed E-state index contributed by atoms with van der Waals surface area (Å²) in [6, 6.07) is 5.58. The van der Waals surface area contributed by atoms with Gasteiger partial charge in [0.2, 0.25) is 0 Å². The lowest BCUT2D eigenvalue weighted by molar-refractivity contribution is -0.384. The molecule has 2 fully saturated rings. The van der Waals surface area contributed by atoms with Crippen molar-refractivity contribution in [1.29, 1.82) is 0 Å². The first kappa shape index (κ1) is 19.1. The molecule has 2 aliphatic heterocycles. The van der Waals surface area contributed by atoms with Gasteiger partial charge in [-0.2, -0.15) is 0 Å². The zero-order valence-corrected chi connectivity index (χ0v) is 15.8. The Bertz CT molecular complexity index is 638. The van der Waals surface area contributed by atoms with Crippen LogP contribution in [0.5, 0.6) is 0 Å². The number of hydrogen-bond donors (Lipinski definition) is 0. The molecule has 7 nitrogen and oxygen atoms in total. The van der Waals surface area contributed by atoms with Gasteiger partial charge >= 0.3 is 7.12 Å². The number of nitro groups is 1. The third-order valence-electron chi connectivity index (χ3n) is 5.00. The van der Waals surface area contributed by atoms with Gasteiger partial charge in [-0.1, -0.05) is 19.9 Å². The molecular weight excluding hydrogens is 335 g/mol. The van der Waals surface area contributed by atoms with Gasteiger partial charge < -0.3 is 18.9 Å². The lowest BCUT2D eigenvalue weighted by atomic mass is 9.75. The van der Waals surface area contributed by atoms with Crippen molar-refractivity contribution in [2.24, 2.45) is 5.41 Å². The Hall–Kier alpha value is -1.64. The molecule has 0 atom stereocenters. The van der Waals surface area contributed by atoms with Crippen LogP contribution in [0.25, 0.3) is 0 Å². The summed E-state index contributed by atoms with van der Waals surface area (Å²) < 4.78 is 17.0. The van der Waals surface area contributed by atoms with E-state index in [1.807, 2.05) is 19.1 Å². The Morgan fingerprint density at radius 1 is 1.27 bits per heavy atom. The Morgan fingerprint density at radius 2 is 1.92 bits per heavy atom. The van der Waals surface area contributed by atoms with E-state index >= 15 is 0 Å². The van der Waals surface area contributed by atoms with Crippen LogP contribution < -0.4 is 10.4 Å². The molecule has 0 aliphatic carbocycles. The number of nitro benzene ring substituents is 1. The SMILES string of the molecule is CCN(c1ccc(B2OCC(C)(C)CO2)cc1[N+](=O)[O-])C1CCOCC1. The van der Waals surface area contributed by atoms with Gasteiger partial charge in [-0.25, -0.2) is 0 Å². The van der Waals surface area contributed by atoms with Gasteiger partial charge in [-0.15, -0.1) is 0 Å². The zero-order chi connectivity index (χ0) is 18.7. The monoisotopic (exact) mass is 362 g/mol. The third kappa shape index (κ3) is 4.19. The Kier molecular flexibility index (Phi) is 5.84. The molecule has 142 valence electrons. The van der Waals surface area contributed by atoms with E-state index in [0.29, 0.717) is 37.6 Å². The smallest absolute Gasteiger partial charge is 0.407 e. The molecule has 8 heteroatoms. The number of nitrogens with zero attached hydrogens (tertiary/aromatic N) is 2. The normalized spacial score (nSPS) is 20.8. The number of ether oxygens (including phenoxy) is 1. The van der Waals surface area contributed by atoms with E-state index < -0.39 is 7.12 Å². The van der Waals surface area contributed by atoms with E-state index in [9.17, 15) is 10.1 Å². The van der Waals surface area contributed by atoms with Crippen LogP contribution in [0.3, 0.4) is 0 Å². The highest BCUT2D eigenvalue weighted by atomic mass is 16.6. The van der Waals surface area contributed by atoms with E-state index in [0.717, 1.165) is 19.4 Å². The highest BCUT2D eigenvalue weighted by molar-refractivity contribution is 6.61. The first-order valence-corrected chi connectivity index (χ1v) is 9.27. The number of anilines is 1. The number of benzene rings is 1. The summed E-state index contributed by atoms with van der Waals surface area (Å²) in [6.07, 6.45) is 1.77. The van der Waals surface area contributed by atoms with Crippen LogP contribution in [-0.2, 0) is 14.0 Å². The van der Waals surface area contributed by atoms with Gasteiger partial charge in [0.25, 0.3) is 5.69 Å². The summed E-state index contributed by atoms with van der Waals surface area (Å²) in [5, 5.41) is 11.7. The van der Waals surface area contributed by atoms with Crippen LogP contribution in [0.15, 0.2) is 18.2 Å². The largest absolute Gasteiger partial charge is 0.494 e. The van der Waals surface area contributed by atoms with Gasteiger partial charge in [0, 0.05) is 50.5 Å². The van der Waals surface area contributed by atoms with Crippen molar-refractivity contribution < 1.29 is 19.0 Å². The lowest BCUT2D eigenvalue weighted by Gasteiger charge is -2.35. The van der Waals surface area contributed by atoms with E-state index in [2.05, 4.69) is 18.7 Å². The molecule has 0 unspecified atom stereocenters. The van der Waals surface area contributed by atoms with Crippen molar-refractivity contribution in [2.75, 3.05) is 37.9 Å². The molecule has 0 N–H and O–H groups in total. The average molecular weight is 362 g/mol. The van der Waals surface area contributed by atoms with Crippen molar-refractivity contribution >= 4 is 24.0 Å². The maximum absolute atomic E-state index is 11.7. The van der Waals surface area contributed by atoms with Gasteiger partial charge in [0.1, 0.15) is 5.69 Å². The van der Waals surface area contributed by atoms with Crippen LogP contribution in [0.4, 0.5) is 11.4 Å². The predicted molar refractivity (Wildman–Crippen MR) is 101 cm³/mol. The molecular formula is C18H27BN2O5. The highest BCUT2D eigenvalue weighted by Crippen LogP contribution is 2.31. The van der Waals surface area contributed by atoms with Crippen molar-refractivity contribution in [3.63, 3.8) is 0 Å². The van der Waals surface area contributed by atoms with Crippen LogP contribution >= 0.6 is 0 Å². The minimum Gasteiger partial charge on any atom is -0.407 e. The Balaban J connectivity index is 1.85. The van der Waals surface area contributed by atoms with Gasteiger partial charge in [-0.3, -0.25) is 10.1 Å². The van der Waals surface area contributed by atoms with Crippen molar-refractivity contribution in [1.82, 2.24) is 0 Å². The fraction of sp³-hybridized carbons (Fsp3) is 0.667. The van der Waals surface area contributed by atoms with Gasteiger partial charge in [0.05, 0.1) is 4.92 Å². The quantitative estimate of drug-likeness (QED) is 0.455. The molecule has 2 saturated heterocycles. The van der Waals surface area contributed by atoms with Crippen LogP contribution in [0.1, 0.15) is 33.6 Å². The van der Waals surface area contributed by atoms with E-state index in [4.69, 9.17) is 14.0 Å². The standard InChI is InChI=1S/C18H27BN2O5/c1-4-20(15-7-9-24-10-8-15)16-6-5-14(11-17(16)21(22)23)19-25-12-18(2,3)13-26-19/h5-6,11,15H,4,7-10,12-13H2,1-3H3. The first-order chi connectivity index (χ1) is 12.4. The van der Waals surface area contributed by atoms with Gasteiger partial charge in [-0.05, 0) is 31.3 Å². The zero-order valence-electron chi connectivity index (χ0n) is 15.8. The topological polar surface area (TPSA) is 74.1 Å². The molecule has 2 aliphatic rings. The summed E-state index contributed by atoms with van der Waals surface area (Å²) in [5.41, 5.74) is 1.42. The molecule has 0 radical (unpaired) electrons. The average Bonchev–Trinajstić information content (AvgIpc) is 2.63. The second-order valence-corrected chi connectivity index (χ2v) is 7.75. The molecule has 0 bridgehead atoms. The lowest BCUT2D eigenvalue weighted by Crippen LogP contribution is -2.47. The molecule has 0 aromatic heterocycles. The molecule has 1 aromatic rings. The van der Waals surface area contributed by atoms with E-state index in [-0.39, 0.29) is 22.1 Å². The van der Waals surface area contributed by atoms with E-state index in [1.165, 1.54) is 0 Å². The molecule has 0 spiro atoms. The summed E-state index contributed by atoms with van der Waals surface area (Å²) in [4.78, 5) is 13.5. The summed E-state index contributed by atoms with van der Waals surface area (Å²) in [5.74, 6) is 0. The molecule has 0 saturated carbocycles. The van der Waals surface area contributed by atoms with Crippen LogP contribution in [-0.4, -0.2) is 51.1 Å². The predicted octanol–water partition coefficient (Wildman–Crippen LogP) is 2.37. The number of rotatable bonds is 5. The summed E-state index contributed by atoms with van der Waals surface area (Å²) >= 11 is 0. The summed E-state index contributed by atoms with van der Waals surface area (Å²) in [6.45, 7) is 9.42. The number of hydrogen-bond acceptors (Lipinski definition) is 6. The summed E-state index contributed by atoms with van der Waals surface area (Å²) in [7, 11) is -0.547. The second-order valence-electron chi connectivity index (χ2n) is 7.75. The van der Waals surface area contributed by atoms with Crippen molar-refractivity contribution in [3.05, 3.63) is 28.3 Å². The maximum atomic E-state index is 11.7. The molecule has 0 amide bonds. The highest BCUT2D eigenvalue weighted by Gasteiger charge is 2.35. The molecule has 3 rings (SSSR count). The third-order valence-corrected chi connectivity index (χ3v) is 5.00. The van der Waals surface area contributed by atoms with Gasteiger partial charge in [0.15, 0.2) is 0 Å². The molecule has 2 heterocycles. The van der Waals surface area contributed by atoms with Crippen molar-refractivity contribution in [3.8, 4) is 0 Å². The van der Waals surface area contributed by atoms with E-state index in [1.54, 1.807) is 6.07 Å². The molecule has 26 heavy (non-hydrogen) atoms. The van der Waals surface area contributed by atoms with Crippen LogP contribution in [0.2, 0.25) is 0 Å².